The third kappa shape index (κ3) is 3.97. The first-order chi connectivity index (χ1) is 11.1. The summed E-state index contributed by atoms with van der Waals surface area (Å²) in [6.45, 7) is 1.18. The molecule has 0 unspecified atom stereocenters. The predicted octanol–water partition coefficient (Wildman–Crippen LogP) is 3.29. The number of carbonyl (C=O) groups is 1. The summed E-state index contributed by atoms with van der Waals surface area (Å²) in [6.07, 6.45) is 2.25. The Hall–Kier alpha value is -2.18. The number of hydrogen-bond donors (Lipinski definition) is 1. The highest BCUT2D eigenvalue weighted by Gasteiger charge is 2.18. The molecule has 1 amide bonds. The van der Waals surface area contributed by atoms with Crippen LogP contribution in [0.5, 0.6) is 5.88 Å². The number of hydrogen-bond acceptors (Lipinski definition) is 4. The van der Waals surface area contributed by atoms with E-state index < -0.39 is 5.82 Å². The van der Waals surface area contributed by atoms with Crippen molar-refractivity contribution in [3.63, 3.8) is 0 Å². The number of nitrogens with one attached hydrogen (secondary N) is 1. The minimum Gasteiger partial charge on any atom is -0.472 e. The molecule has 120 valence electrons. The van der Waals surface area contributed by atoms with Gasteiger partial charge in [-0.25, -0.2) is 9.37 Å². The Morgan fingerprint density at radius 1 is 1.39 bits per heavy atom. The predicted molar refractivity (Wildman–Crippen MR) is 83.5 cm³/mol. The van der Waals surface area contributed by atoms with E-state index in [1.54, 1.807) is 12.1 Å². The number of halogens is 2. The summed E-state index contributed by atoms with van der Waals surface area (Å²) < 4.78 is 24.0. The van der Waals surface area contributed by atoms with Crippen molar-refractivity contribution in [2.75, 3.05) is 18.5 Å². The van der Waals surface area contributed by atoms with Crippen LogP contribution in [-0.4, -0.2) is 30.2 Å². The first-order valence-electron chi connectivity index (χ1n) is 7.08. The molecule has 1 aliphatic rings. The summed E-state index contributed by atoms with van der Waals surface area (Å²) in [6, 6.07) is 7.10. The molecule has 0 saturated carbocycles. The van der Waals surface area contributed by atoms with Crippen LogP contribution in [0.15, 0.2) is 36.5 Å². The van der Waals surface area contributed by atoms with Gasteiger partial charge in [-0.1, -0.05) is 11.6 Å². The van der Waals surface area contributed by atoms with Crippen molar-refractivity contribution in [1.82, 2.24) is 4.98 Å². The Labute approximate surface area is 137 Å². The van der Waals surface area contributed by atoms with E-state index in [0.717, 1.165) is 6.42 Å². The Bertz CT molecular complexity index is 720. The smallest absolute Gasteiger partial charge is 0.255 e. The molecule has 0 aliphatic carbocycles. The molecule has 1 fully saturated rings. The van der Waals surface area contributed by atoms with Crippen molar-refractivity contribution in [3.05, 3.63) is 52.9 Å². The Morgan fingerprint density at radius 2 is 2.26 bits per heavy atom. The standard InChI is InChI=1S/C16H14ClFN2O3/c17-13-8-11(1-2-14(13)18)20-16(21)10-3-5-19-15(7-10)23-12-4-6-22-9-12/h1-3,5,7-8,12H,4,6,9H2,(H,20,21)/t12-/m0/s1. The monoisotopic (exact) mass is 336 g/mol. The average Bonchev–Trinajstić information content (AvgIpc) is 3.04. The summed E-state index contributed by atoms with van der Waals surface area (Å²) in [7, 11) is 0. The minimum absolute atomic E-state index is 0.0447. The molecule has 2 aromatic rings. The van der Waals surface area contributed by atoms with Gasteiger partial charge in [-0.05, 0) is 24.3 Å². The SMILES string of the molecule is O=C(Nc1ccc(F)c(Cl)c1)c1ccnc(O[C@H]2CCOC2)c1. The van der Waals surface area contributed by atoms with Gasteiger partial charge in [-0.2, -0.15) is 0 Å². The molecule has 7 heteroatoms. The van der Waals surface area contributed by atoms with E-state index in [4.69, 9.17) is 21.1 Å². The second-order valence-corrected chi connectivity index (χ2v) is 5.48. The number of pyridine rings is 1. The first kappa shape index (κ1) is 15.7. The van der Waals surface area contributed by atoms with Gasteiger partial charge in [0.2, 0.25) is 5.88 Å². The number of aromatic nitrogens is 1. The van der Waals surface area contributed by atoms with Crippen LogP contribution in [-0.2, 0) is 4.74 Å². The third-order valence-electron chi connectivity index (χ3n) is 3.35. The lowest BCUT2D eigenvalue weighted by molar-refractivity contribution is 0.102. The fourth-order valence-electron chi connectivity index (χ4n) is 2.17. The molecule has 1 aliphatic heterocycles. The number of rotatable bonds is 4. The van der Waals surface area contributed by atoms with Crippen LogP contribution < -0.4 is 10.1 Å². The van der Waals surface area contributed by atoms with Gasteiger partial charge in [-0.3, -0.25) is 4.79 Å². The summed E-state index contributed by atoms with van der Waals surface area (Å²) in [5.74, 6) is -0.532. The second kappa shape index (κ2) is 6.93. The van der Waals surface area contributed by atoms with E-state index in [0.29, 0.717) is 30.3 Å². The van der Waals surface area contributed by atoms with E-state index >= 15 is 0 Å². The molecule has 5 nitrogen and oxygen atoms in total. The van der Waals surface area contributed by atoms with Crippen molar-refractivity contribution in [3.8, 4) is 5.88 Å². The Kier molecular flexibility index (Phi) is 4.73. The van der Waals surface area contributed by atoms with Crippen LogP contribution in [0, 0.1) is 5.82 Å². The fraction of sp³-hybridized carbons (Fsp3) is 0.250. The van der Waals surface area contributed by atoms with Gasteiger partial charge in [0.05, 0.1) is 18.2 Å². The van der Waals surface area contributed by atoms with Crippen molar-refractivity contribution < 1.29 is 18.7 Å². The lowest BCUT2D eigenvalue weighted by Gasteiger charge is -2.11. The summed E-state index contributed by atoms with van der Waals surface area (Å²) in [5, 5.41) is 2.60. The molecule has 0 bridgehead atoms. The molecule has 2 heterocycles. The highest BCUT2D eigenvalue weighted by Crippen LogP contribution is 2.21. The zero-order chi connectivity index (χ0) is 16.2. The normalized spacial score (nSPS) is 17.0. The Morgan fingerprint density at radius 3 is 3.00 bits per heavy atom. The molecule has 23 heavy (non-hydrogen) atoms. The van der Waals surface area contributed by atoms with Crippen molar-refractivity contribution in [1.29, 1.82) is 0 Å². The zero-order valence-corrected chi connectivity index (χ0v) is 12.8. The second-order valence-electron chi connectivity index (χ2n) is 5.07. The Balaban J connectivity index is 1.70. The topological polar surface area (TPSA) is 60.5 Å². The molecular weight excluding hydrogens is 323 g/mol. The maximum atomic E-state index is 13.1. The van der Waals surface area contributed by atoms with E-state index in [9.17, 15) is 9.18 Å². The fourth-order valence-corrected chi connectivity index (χ4v) is 2.35. The largest absolute Gasteiger partial charge is 0.472 e. The number of nitrogens with zero attached hydrogens (tertiary/aromatic N) is 1. The summed E-state index contributed by atoms with van der Waals surface area (Å²) in [4.78, 5) is 16.3. The number of ether oxygens (including phenoxy) is 2. The molecule has 0 spiro atoms. The average molecular weight is 337 g/mol. The highest BCUT2D eigenvalue weighted by molar-refractivity contribution is 6.31. The van der Waals surface area contributed by atoms with Gasteiger partial charge in [-0.15, -0.1) is 0 Å². The van der Waals surface area contributed by atoms with Crippen molar-refractivity contribution in [2.45, 2.75) is 12.5 Å². The van der Waals surface area contributed by atoms with E-state index in [1.165, 1.54) is 24.4 Å². The zero-order valence-electron chi connectivity index (χ0n) is 12.1. The maximum Gasteiger partial charge on any atom is 0.255 e. The molecule has 1 aromatic heterocycles. The highest BCUT2D eigenvalue weighted by atomic mass is 35.5. The van der Waals surface area contributed by atoms with Crippen LogP contribution in [0.3, 0.4) is 0 Å². The van der Waals surface area contributed by atoms with Crippen LogP contribution in [0.2, 0.25) is 5.02 Å². The molecule has 1 saturated heterocycles. The number of carbonyl (C=O) groups excluding carboxylic acids is 1. The number of anilines is 1. The van der Waals surface area contributed by atoms with Crippen molar-refractivity contribution in [2.24, 2.45) is 0 Å². The lowest BCUT2D eigenvalue weighted by atomic mass is 10.2. The van der Waals surface area contributed by atoms with E-state index in [-0.39, 0.29) is 17.0 Å². The number of amides is 1. The van der Waals surface area contributed by atoms with Crippen LogP contribution >= 0.6 is 11.6 Å². The van der Waals surface area contributed by atoms with Gasteiger partial charge >= 0.3 is 0 Å². The molecule has 1 N–H and O–H groups in total. The van der Waals surface area contributed by atoms with Crippen LogP contribution in [0.1, 0.15) is 16.8 Å². The maximum absolute atomic E-state index is 13.1. The first-order valence-corrected chi connectivity index (χ1v) is 7.46. The molecular formula is C16H14ClFN2O3. The quantitative estimate of drug-likeness (QED) is 0.930. The van der Waals surface area contributed by atoms with Gasteiger partial charge < -0.3 is 14.8 Å². The summed E-state index contributed by atoms with van der Waals surface area (Å²) >= 11 is 5.70. The van der Waals surface area contributed by atoms with E-state index in [2.05, 4.69) is 10.3 Å². The molecule has 3 rings (SSSR count). The molecule has 1 atom stereocenters. The van der Waals surface area contributed by atoms with Crippen LogP contribution in [0.25, 0.3) is 0 Å². The van der Waals surface area contributed by atoms with Crippen LogP contribution in [0.4, 0.5) is 10.1 Å². The van der Waals surface area contributed by atoms with Crippen molar-refractivity contribution >= 4 is 23.2 Å². The van der Waals surface area contributed by atoms with E-state index in [1.807, 2.05) is 0 Å². The molecule has 0 radical (unpaired) electrons. The third-order valence-corrected chi connectivity index (χ3v) is 3.64. The van der Waals surface area contributed by atoms with Gasteiger partial charge in [0, 0.05) is 29.9 Å². The minimum atomic E-state index is -0.539. The lowest BCUT2D eigenvalue weighted by Crippen LogP contribution is -2.17. The molecule has 1 aromatic carbocycles. The summed E-state index contributed by atoms with van der Waals surface area (Å²) in [5.41, 5.74) is 0.791. The van der Waals surface area contributed by atoms with Gasteiger partial charge in [0.25, 0.3) is 5.91 Å². The number of benzene rings is 1. The van der Waals surface area contributed by atoms with Gasteiger partial charge in [0.1, 0.15) is 11.9 Å². The van der Waals surface area contributed by atoms with Gasteiger partial charge in [0.15, 0.2) is 0 Å².